The van der Waals surface area contributed by atoms with Gasteiger partial charge in [0.05, 0.1) is 13.3 Å². The summed E-state index contributed by atoms with van der Waals surface area (Å²) in [5.41, 5.74) is 4.46. The van der Waals surface area contributed by atoms with Gasteiger partial charge in [-0.2, -0.15) is 0 Å². The molecule has 23 heavy (non-hydrogen) atoms. The molecule has 0 atom stereocenters. The lowest BCUT2D eigenvalue weighted by molar-refractivity contribution is 0.373. The normalized spacial score (nSPS) is 11.5. The van der Waals surface area contributed by atoms with Crippen LogP contribution in [0.15, 0.2) is 42.5 Å². The summed E-state index contributed by atoms with van der Waals surface area (Å²) in [7, 11) is -2.35. The molecule has 5 heteroatoms. The van der Waals surface area contributed by atoms with Crippen LogP contribution in [0.25, 0.3) is 0 Å². The quantitative estimate of drug-likeness (QED) is 0.760. The molecule has 2 rings (SSSR count). The van der Waals surface area contributed by atoms with Crippen LogP contribution in [0.5, 0.6) is 5.75 Å². The van der Waals surface area contributed by atoms with Gasteiger partial charge >= 0.3 is 7.60 Å². The lowest BCUT2D eigenvalue weighted by Crippen LogP contribution is -1.98. The Morgan fingerprint density at radius 2 is 1.61 bits per heavy atom. The molecule has 0 amide bonds. The zero-order chi connectivity index (χ0) is 16.9. The third kappa shape index (κ3) is 5.51. The largest absolute Gasteiger partial charge is 0.496 e. The zero-order valence-electron chi connectivity index (χ0n) is 13.5. The fraction of sp³-hybridized carbons (Fsp3) is 0.333. The van der Waals surface area contributed by atoms with Crippen LogP contribution in [0.4, 0.5) is 0 Å². The van der Waals surface area contributed by atoms with Gasteiger partial charge in [0.25, 0.3) is 0 Å². The molecule has 0 radical (unpaired) electrons. The minimum Gasteiger partial charge on any atom is -0.496 e. The van der Waals surface area contributed by atoms with Gasteiger partial charge in [-0.1, -0.05) is 43.3 Å². The third-order valence-electron chi connectivity index (χ3n) is 3.87. The number of rotatable bonds is 7. The number of aryl methyl sites for hydroxylation is 2. The molecular formula is C18H23O4P. The number of hydrogen-bond donors (Lipinski definition) is 2. The SMILES string of the molecule is CCc1ccc(Cc2ccc(CCP(=O)(O)O)cc2OC)cc1. The standard InChI is InChI=1S/C18H23O4P/c1-3-14-4-6-15(7-5-14)12-17-9-8-16(13-18(17)22-2)10-11-23(19,20)21/h4-9,13H,3,10-12H2,1-2H3,(H2,19,20,21). The van der Waals surface area contributed by atoms with Crippen LogP contribution < -0.4 is 4.74 Å². The highest BCUT2D eigenvalue weighted by Gasteiger charge is 2.13. The maximum absolute atomic E-state index is 11.0. The Morgan fingerprint density at radius 3 is 2.17 bits per heavy atom. The Kier molecular flexibility index (Phi) is 6.00. The summed E-state index contributed by atoms with van der Waals surface area (Å²) in [4.78, 5) is 18.0. The van der Waals surface area contributed by atoms with Gasteiger partial charge in [0.15, 0.2) is 0 Å². The van der Waals surface area contributed by atoms with Crippen molar-refractivity contribution in [3.8, 4) is 5.75 Å². The van der Waals surface area contributed by atoms with Gasteiger partial charge in [-0.3, -0.25) is 4.57 Å². The molecule has 4 nitrogen and oxygen atoms in total. The second kappa shape index (κ2) is 7.78. The van der Waals surface area contributed by atoms with E-state index >= 15 is 0 Å². The number of benzene rings is 2. The first-order valence-corrected chi connectivity index (χ1v) is 9.49. The first-order chi connectivity index (χ1) is 10.9. The molecule has 0 spiro atoms. The van der Waals surface area contributed by atoms with Gasteiger partial charge in [-0.25, -0.2) is 0 Å². The van der Waals surface area contributed by atoms with Gasteiger partial charge in [0.1, 0.15) is 5.75 Å². The smallest absolute Gasteiger partial charge is 0.325 e. The Hall–Kier alpha value is -1.61. The van der Waals surface area contributed by atoms with Crippen molar-refractivity contribution in [2.45, 2.75) is 26.2 Å². The van der Waals surface area contributed by atoms with Crippen LogP contribution in [0.1, 0.15) is 29.2 Å². The molecule has 2 aromatic carbocycles. The van der Waals surface area contributed by atoms with E-state index in [0.717, 1.165) is 29.7 Å². The summed E-state index contributed by atoms with van der Waals surface area (Å²) in [6, 6.07) is 14.3. The van der Waals surface area contributed by atoms with Crippen molar-refractivity contribution in [1.82, 2.24) is 0 Å². The van der Waals surface area contributed by atoms with E-state index < -0.39 is 7.60 Å². The highest BCUT2D eigenvalue weighted by Crippen LogP contribution is 2.35. The molecule has 0 aliphatic rings. The first kappa shape index (κ1) is 17.7. The van der Waals surface area contributed by atoms with E-state index in [1.54, 1.807) is 7.11 Å². The summed E-state index contributed by atoms with van der Waals surface area (Å²) in [5.74, 6) is 0.757. The summed E-state index contributed by atoms with van der Waals surface area (Å²) in [5, 5.41) is 0. The van der Waals surface area contributed by atoms with E-state index in [9.17, 15) is 4.57 Å². The molecule has 0 saturated carbocycles. The topological polar surface area (TPSA) is 66.8 Å². The van der Waals surface area contributed by atoms with Crippen LogP contribution in [-0.4, -0.2) is 23.1 Å². The number of hydrogen-bond acceptors (Lipinski definition) is 2. The van der Waals surface area contributed by atoms with Crippen LogP contribution in [0, 0.1) is 0 Å². The second-order valence-electron chi connectivity index (χ2n) is 5.63. The van der Waals surface area contributed by atoms with Gasteiger partial charge in [-0.15, -0.1) is 0 Å². The first-order valence-electron chi connectivity index (χ1n) is 7.69. The van der Waals surface area contributed by atoms with E-state index in [0.29, 0.717) is 6.42 Å². The lowest BCUT2D eigenvalue weighted by atomic mass is 10.0. The lowest BCUT2D eigenvalue weighted by Gasteiger charge is -2.12. The predicted octanol–water partition coefficient (Wildman–Crippen LogP) is 3.57. The number of ether oxygens (including phenoxy) is 1. The van der Waals surface area contributed by atoms with Crippen LogP contribution in [-0.2, 0) is 23.8 Å². The fourth-order valence-corrected chi connectivity index (χ4v) is 3.03. The monoisotopic (exact) mass is 334 g/mol. The minimum absolute atomic E-state index is 0.145. The average Bonchev–Trinajstić information content (AvgIpc) is 2.54. The molecule has 0 aliphatic heterocycles. The Morgan fingerprint density at radius 1 is 1.00 bits per heavy atom. The average molecular weight is 334 g/mol. The molecule has 0 aromatic heterocycles. The van der Waals surface area contributed by atoms with E-state index in [-0.39, 0.29) is 6.16 Å². The molecule has 124 valence electrons. The van der Waals surface area contributed by atoms with Crippen LogP contribution >= 0.6 is 7.60 Å². The molecule has 0 unspecified atom stereocenters. The highest BCUT2D eigenvalue weighted by atomic mass is 31.2. The van der Waals surface area contributed by atoms with Gasteiger partial charge in [-0.05, 0) is 41.2 Å². The van der Waals surface area contributed by atoms with E-state index in [1.165, 1.54) is 11.1 Å². The molecular weight excluding hydrogens is 311 g/mol. The summed E-state index contributed by atoms with van der Waals surface area (Å²) < 4.78 is 16.4. The van der Waals surface area contributed by atoms with Crippen molar-refractivity contribution in [3.05, 3.63) is 64.7 Å². The summed E-state index contributed by atoms with van der Waals surface area (Å²) in [6.45, 7) is 2.13. The van der Waals surface area contributed by atoms with Gasteiger partial charge in [0, 0.05) is 6.42 Å². The van der Waals surface area contributed by atoms with Crippen molar-refractivity contribution in [3.63, 3.8) is 0 Å². The molecule has 0 saturated heterocycles. The van der Waals surface area contributed by atoms with Crippen LogP contribution in [0.3, 0.4) is 0 Å². The second-order valence-corrected chi connectivity index (χ2v) is 7.41. The van der Waals surface area contributed by atoms with Gasteiger partial charge < -0.3 is 14.5 Å². The van der Waals surface area contributed by atoms with E-state index in [2.05, 4.69) is 31.2 Å². The molecule has 2 N–H and O–H groups in total. The molecule has 0 heterocycles. The van der Waals surface area contributed by atoms with Crippen molar-refractivity contribution in [2.75, 3.05) is 13.3 Å². The Labute approximate surface area is 137 Å². The molecule has 0 aliphatic carbocycles. The van der Waals surface area contributed by atoms with E-state index in [4.69, 9.17) is 14.5 Å². The predicted molar refractivity (Wildman–Crippen MR) is 92.2 cm³/mol. The highest BCUT2D eigenvalue weighted by molar-refractivity contribution is 7.51. The Balaban J connectivity index is 2.13. The maximum atomic E-state index is 11.0. The summed E-state index contributed by atoms with van der Waals surface area (Å²) >= 11 is 0. The van der Waals surface area contributed by atoms with Crippen molar-refractivity contribution in [1.29, 1.82) is 0 Å². The zero-order valence-corrected chi connectivity index (χ0v) is 14.4. The molecule has 2 aromatic rings. The fourth-order valence-electron chi connectivity index (χ4n) is 2.48. The van der Waals surface area contributed by atoms with Crippen LogP contribution in [0.2, 0.25) is 0 Å². The van der Waals surface area contributed by atoms with Crippen molar-refractivity contribution >= 4 is 7.60 Å². The maximum Gasteiger partial charge on any atom is 0.325 e. The summed E-state index contributed by atoms with van der Waals surface area (Å²) in [6.07, 6.45) is 1.99. The Bertz CT molecular complexity index is 689. The number of methoxy groups -OCH3 is 1. The molecule has 0 bridgehead atoms. The molecule has 0 fully saturated rings. The van der Waals surface area contributed by atoms with Gasteiger partial charge in [0.2, 0.25) is 0 Å². The third-order valence-corrected chi connectivity index (χ3v) is 4.68. The minimum atomic E-state index is -3.97. The van der Waals surface area contributed by atoms with Crippen molar-refractivity contribution < 1.29 is 19.1 Å². The van der Waals surface area contributed by atoms with E-state index in [1.807, 2.05) is 18.2 Å². The van der Waals surface area contributed by atoms with Crippen molar-refractivity contribution in [2.24, 2.45) is 0 Å².